The third kappa shape index (κ3) is 4.44. The van der Waals surface area contributed by atoms with E-state index in [2.05, 4.69) is 184 Å². The molecule has 1 atom stereocenters. The highest BCUT2D eigenvalue weighted by Crippen LogP contribution is 2.44. The van der Waals surface area contributed by atoms with Gasteiger partial charge in [-0.3, -0.25) is 4.99 Å². The third-order valence-electron chi connectivity index (χ3n) is 11.6. The Balaban J connectivity index is 1.08. The first-order valence-electron chi connectivity index (χ1n) is 19.1. The molecule has 5 nitrogen and oxygen atoms in total. The summed E-state index contributed by atoms with van der Waals surface area (Å²) in [6.45, 7) is 0. The summed E-state index contributed by atoms with van der Waals surface area (Å²) in [6.07, 6.45) is 3.85. The van der Waals surface area contributed by atoms with Crippen molar-refractivity contribution in [1.82, 2.24) is 14.5 Å². The summed E-state index contributed by atoms with van der Waals surface area (Å²) in [6, 6.07) is 58.6. The van der Waals surface area contributed by atoms with Gasteiger partial charge < -0.3 is 18.9 Å². The number of hydrogen-bond acceptors (Lipinski definition) is 3. The third-order valence-corrected chi connectivity index (χ3v) is 11.6. The molecule has 0 saturated heterocycles. The number of rotatable bonds is 4. The highest BCUT2D eigenvalue weighted by atomic mass is 16.3. The molecule has 5 heteroatoms. The van der Waals surface area contributed by atoms with Crippen molar-refractivity contribution in [3.8, 4) is 11.4 Å². The molecule has 12 rings (SSSR count). The Bertz CT molecular complexity index is 3350. The van der Waals surface area contributed by atoms with Gasteiger partial charge in [-0.05, 0) is 60.5 Å². The van der Waals surface area contributed by atoms with Crippen LogP contribution in [0.25, 0.3) is 77.2 Å². The van der Waals surface area contributed by atoms with Gasteiger partial charge in [0.2, 0.25) is 0 Å². The molecule has 1 N–H and O–H groups in total. The van der Waals surface area contributed by atoms with Gasteiger partial charge in [-0.25, -0.2) is 0 Å². The molecule has 0 radical (unpaired) electrons. The number of furan rings is 1. The molecular formula is C50H34N4O. The zero-order chi connectivity index (χ0) is 36.0. The minimum absolute atomic E-state index is 0.255. The number of benzene rings is 7. The molecule has 55 heavy (non-hydrogen) atoms. The van der Waals surface area contributed by atoms with Gasteiger partial charge in [0, 0.05) is 55.4 Å². The highest BCUT2D eigenvalue weighted by Gasteiger charge is 2.30. The molecule has 1 aliphatic heterocycles. The van der Waals surface area contributed by atoms with Gasteiger partial charge >= 0.3 is 0 Å². The van der Waals surface area contributed by atoms with E-state index in [1.54, 1.807) is 0 Å². The van der Waals surface area contributed by atoms with Gasteiger partial charge in [0.15, 0.2) is 5.58 Å². The van der Waals surface area contributed by atoms with E-state index in [0.29, 0.717) is 0 Å². The fourth-order valence-electron chi connectivity index (χ4n) is 9.25. The van der Waals surface area contributed by atoms with E-state index in [9.17, 15) is 0 Å². The van der Waals surface area contributed by atoms with Crippen LogP contribution in [-0.2, 0) is 6.42 Å². The van der Waals surface area contributed by atoms with E-state index >= 15 is 0 Å². The Morgan fingerprint density at radius 1 is 0.564 bits per heavy atom. The maximum atomic E-state index is 7.03. The molecule has 2 aliphatic rings. The van der Waals surface area contributed by atoms with E-state index in [-0.39, 0.29) is 6.17 Å². The van der Waals surface area contributed by atoms with E-state index in [4.69, 9.17) is 9.41 Å². The average molecular weight is 707 g/mol. The van der Waals surface area contributed by atoms with Gasteiger partial charge in [0.05, 0.1) is 38.8 Å². The molecule has 0 amide bonds. The van der Waals surface area contributed by atoms with Crippen molar-refractivity contribution >= 4 is 65.9 Å². The smallest absolute Gasteiger partial charge is 0.158 e. The summed E-state index contributed by atoms with van der Waals surface area (Å²) in [7, 11) is 0. The van der Waals surface area contributed by atoms with Crippen LogP contribution in [0.3, 0.4) is 0 Å². The summed E-state index contributed by atoms with van der Waals surface area (Å²) in [5.74, 6) is 1.02. The highest BCUT2D eigenvalue weighted by molar-refractivity contribution is 6.19. The summed E-state index contributed by atoms with van der Waals surface area (Å²) >= 11 is 0. The lowest BCUT2D eigenvalue weighted by Gasteiger charge is -2.26. The summed E-state index contributed by atoms with van der Waals surface area (Å²) in [5.41, 5.74) is 12.3. The molecule has 4 heterocycles. The Hall–Kier alpha value is -7.11. The number of para-hydroxylation sites is 5. The van der Waals surface area contributed by atoms with Crippen LogP contribution < -0.4 is 15.9 Å². The molecular weight excluding hydrogens is 673 g/mol. The second-order valence-electron chi connectivity index (χ2n) is 14.6. The van der Waals surface area contributed by atoms with Crippen LogP contribution in [0.2, 0.25) is 0 Å². The first-order chi connectivity index (χ1) is 27.3. The van der Waals surface area contributed by atoms with Gasteiger partial charge in [-0.15, -0.1) is 0 Å². The van der Waals surface area contributed by atoms with Crippen LogP contribution in [0.1, 0.15) is 23.3 Å². The SMILES string of the molecule is C1=C(C2N=c3ccccc3=C(c3ccccc3)N2)c2c(oc3c(-n4c5ccccc5c5cc6c7ccccc7n(-c7ccccc7)c6cc54)cccc23)CC1. The fourth-order valence-corrected chi connectivity index (χ4v) is 9.25. The second-order valence-corrected chi connectivity index (χ2v) is 14.6. The van der Waals surface area contributed by atoms with E-state index in [1.807, 2.05) is 0 Å². The topological polar surface area (TPSA) is 47.4 Å². The fraction of sp³-hybridized carbons (Fsp3) is 0.0600. The Labute approximate surface area is 316 Å². The average Bonchev–Trinajstić information content (AvgIpc) is 3.90. The zero-order valence-corrected chi connectivity index (χ0v) is 29.9. The largest absolute Gasteiger partial charge is 0.458 e. The molecule has 0 bridgehead atoms. The van der Waals surface area contributed by atoms with Gasteiger partial charge in [-0.2, -0.15) is 0 Å². The molecule has 1 unspecified atom stereocenters. The van der Waals surface area contributed by atoms with Gasteiger partial charge in [0.1, 0.15) is 11.9 Å². The van der Waals surface area contributed by atoms with Crippen LogP contribution in [0.4, 0.5) is 0 Å². The summed E-state index contributed by atoms with van der Waals surface area (Å²) < 4.78 is 11.8. The van der Waals surface area contributed by atoms with Crippen molar-refractivity contribution in [2.45, 2.75) is 19.0 Å². The summed E-state index contributed by atoms with van der Waals surface area (Å²) in [5, 5.41) is 12.0. The number of hydrogen-bond donors (Lipinski definition) is 1. The number of nitrogens with one attached hydrogen (secondary N) is 1. The Morgan fingerprint density at radius 2 is 1.22 bits per heavy atom. The van der Waals surface area contributed by atoms with Gasteiger partial charge in [-0.1, -0.05) is 121 Å². The molecule has 0 saturated carbocycles. The molecule has 7 aromatic carbocycles. The van der Waals surface area contributed by atoms with E-state index in [1.165, 1.54) is 32.6 Å². The molecule has 0 fully saturated rings. The monoisotopic (exact) mass is 706 g/mol. The lowest BCUT2D eigenvalue weighted by molar-refractivity contribution is 0.542. The van der Waals surface area contributed by atoms with Gasteiger partial charge in [0.25, 0.3) is 0 Å². The molecule has 1 aliphatic carbocycles. The van der Waals surface area contributed by atoms with Crippen molar-refractivity contribution in [1.29, 1.82) is 0 Å². The van der Waals surface area contributed by atoms with Crippen molar-refractivity contribution in [2.24, 2.45) is 4.99 Å². The van der Waals surface area contributed by atoms with E-state index in [0.717, 1.165) is 85.0 Å². The first kappa shape index (κ1) is 30.4. The number of allylic oxidation sites excluding steroid dienone is 1. The predicted molar refractivity (Wildman–Crippen MR) is 224 cm³/mol. The Morgan fingerprint density at radius 3 is 2.02 bits per heavy atom. The molecule has 260 valence electrons. The van der Waals surface area contributed by atoms with Crippen molar-refractivity contribution in [3.05, 3.63) is 197 Å². The minimum Gasteiger partial charge on any atom is -0.458 e. The zero-order valence-electron chi connectivity index (χ0n) is 29.9. The number of nitrogens with zero attached hydrogens (tertiary/aromatic N) is 3. The maximum Gasteiger partial charge on any atom is 0.158 e. The minimum atomic E-state index is -0.255. The predicted octanol–water partition coefficient (Wildman–Crippen LogP) is 10.4. The van der Waals surface area contributed by atoms with Crippen LogP contribution in [0.15, 0.2) is 179 Å². The molecule has 10 aromatic rings. The van der Waals surface area contributed by atoms with E-state index < -0.39 is 0 Å². The van der Waals surface area contributed by atoms with Crippen LogP contribution >= 0.6 is 0 Å². The number of aromatic nitrogens is 2. The quantitative estimate of drug-likeness (QED) is 0.198. The molecule has 0 spiro atoms. The summed E-state index contributed by atoms with van der Waals surface area (Å²) in [4.78, 5) is 5.31. The van der Waals surface area contributed by atoms with Crippen LogP contribution in [0, 0.1) is 0 Å². The standard InChI is InChI=1S/C50H34N4O/c1-3-15-31(16-4-1)48-35-21-7-10-24-40(35)51-50(52-48)37-23-14-28-46-47(37)36-22-13-27-43(49(36)55-46)54-42-26-12-9-20-34(42)39-29-38-33-19-8-11-25-41(33)53(44(38)30-45(39)54)32-17-5-2-6-18-32/h1-13,15-27,29-30,50,52H,14,28H2. The normalized spacial score (nSPS) is 15.3. The maximum absolute atomic E-state index is 7.03. The second kappa shape index (κ2) is 11.7. The number of aryl methyl sites for hydroxylation is 1. The lowest BCUT2D eigenvalue weighted by Crippen LogP contribution is -2.44. The Kier molecular flexibility index (Phi) is 6.46. The number of fused-ring (bicyclic) bond motifs is 10. The lowest BCUT2D eigenvalue weighted by atomic mass is 9.91. The van der Waals surface area contributed by atoms with Crippen molar-refractivity contribution in [3.63, 3.8) is 0 Å². The van der Waals surface area contributed by atoms with Crippen molar-refractivity contribution in [2.75, 3.05) is 0 Å². The molecule has 3 aromatic heterocycles. The van der Waals surface area contributed by atoms with Crippen LogP contribution in [-0.4, -0.2) is 15.3 Å². The first-order valence-corrected chi connectivity index (χ1v) is 19.1. The van der Waals surface area contributed by atoms with Crippen molar-refractivity contribution < 1.29 is 4.42 Å². The van der Waals surface area contributed by atoms with Crippen LogP contribution in [0.5, 0.6) is 0 Å².